The van der Waals surface area contributed by atoms with E-state index < -0.39 is 5.97 Å². The number of carbonyl (C=O) groups is 2. The van der Waals surface area contributed by atoms with Crippen molar-refractivity contribution in [2.24, 2.45) is 0 Å². The molecule has 0 saturated heterocycles. The second-order valence-electron chi connectivity index (χ2n) is 12.9. The molecule has 0 aliphatic carbocycles. The van der Waals surface area contributed by atoms with Gasteiger partial charge < -0.3 is 14.2 Å². The zero-order valence-corrected chi connectivity index (χ0v) is 28.4. The van der Waals surface area contributed by atoms with E-state index >= 15 is 0 Å². The number of rotatable bonds is 20. The van der Waals surface area contributed by atoms with Crippen molar-refractivity contribution in [3.63, 3.8) is 0 Å². The third kappa shape index (κ3) is 10.6. The molecule has 1 atom stereocenters. The SMILES string of the molecule is CCCCCCCCCCCCCCCCC1(C)CCc2c(Cn3cc(C(=O)OCC)nn3)c(OC(C)=O)c(C)c(C)c2O1. The van der Waals surface area contributed by atoms with Crippen LogP contribution in [0.4, 0.5) is 0 Å². The third-order valence-corrected chi connectivity index (χ3v) is 9.06. The molecule has 0 fully saturated rings. The number of nitrogens with zero attached hydrogens (tertiary/aromatic N) is 3. The van der Waals surface area contributed by atoms with Crippen LogP contribution in [0.15, 0.2) is 6.20 Å². The van der Waals surface area contributed by atoms with E-state index in [1.54, 1.807) is 17.8 Å². The Morgan fingerprint density at radius 1 is 0.909 bits per heavy atom. The Morgan fingerprint density at radius 3 is 2.07 bits per heavy atom. The van der Waals surface area contributed by atoms with E-state index in [4.69, 9.17) is 14.2 Å². The van der Waals surface area contributed by atoms with Crippen LogP contribution in [0.1, 0.15) is 163 Å². The highest BCUT2D eigenvalue weighted by atomic mass is 16.5. The first-order chi connectivity index (χ1) is 21.2. The second-order valence-corrected chi connectivity index (χ2v) is 12.9. The van der Waals surface area contributed by atoms with E-state index in [2.05, 4.69) is 24.2 Å². The maximum atomic E-state index is 12.1. The fourth-order valence-electron chi connectivity index (χ4n) is 6.31. The van der Waals surface area contributed by atoms with E-state index in [1.165, 1.54) is 90.4 Å². The Hall–Kier alpha value is -2.90. The summed E-state index contributed by atoms with van der Waals surface area (Å²) >= 11 is 0. The van der Waals surface area contributed by atoms with Crippen LogP contribution < -0.4 is 9.47 Å². The first-order valence-corrected chi connectivity index (χ1v) is 17.3. The van der Waals surface area contributed by atoms with Crippen LogP contribution in [0, 0.1) is 13.8 Å². The molecule has 0 amide bonds. The van der Waals surface area contributed by atoms with Crippen LogP contribution in [-0.2, 0) is 22.5 Å². The van der Waals surface area contributed by atoms with E-state index in [-0.39, 0.29) is 23.9 Å². The minimum atomic E-state index is -0.510. The van der Waals surface area contributed by atoms with Gasteiger partial charge in [-0.25, -0.2) is 9.48 Å². The number of hydrogen-bond donors (Lipinski definition) is 0. The Bertz CT molecular complexity index is 1210. The molecule has 0 radical (unpaired) electrons. The van der Waals surface area contributed by atoms with Gasteiger partial charge in [0.2, 0.25) is 0 Å². The van der Waals surface area contributed by atoms with Gasteiger partial charge in [0.25, 0.3) is 0 Å². The topological polar surface area (TPSA) is 92.5 Å². The van der Waals surface area contributed by atoms with Crippen LogP contribution in [0.3, 0.4) is 0 Å². The quantitative estimate of drug-likeness (QED) is 0.0838. The van der Waals surface area contributed by atoms with Gasteiger partial charge in [0.05, 0.1) is 19.3 Å². The molecule has 44 heavy (non-hydrogen) atoms. The standard InChI is InChI=1S/C36H57N3O5/c1-7-9-10-11-12-13-14-15-16-17-18-19-20-21-23-36(6)24-22-30-31(25-39-26-32(37-38-39)35(41)42-8-2)33(43-29(5)40)27(3)28(4)34(30)44-36/h26H,7-25H2,1-6H3. The van der Waals surface area contributed by atoms with E-state index in [0.717, 1.165) is 53.7 Å². The van der Waals surface area contributed by atoms with Crippen molar-refractivity contribution in [3.8, 4) is 11.5 Å². The third-order valence-electron chi connectivity index (χ3n) is 9.06. The summed E-state index contributed by atoms with van der Waals surface area (Å²) in [4.78, 5) is 24.2. The molecule has 0 spiro atoms. The van der Waals surface area contributed by atoms with Crippen molar-refractivity contribution in [2.75, 3.05) is 6.61 Å². The number of aromatic nitrogens is 3. The van der Waals surface area contributed by atoms with E-state index in [0.29, 0.717) is 12.3 Å². The lowest BCUT2D eigenvalue weighted by Crippen LogP contribution is -2.37. The van der Waals surface area contributed by atoms with Crippen LogP contribution in [0.25, 0.3) is 0 Å². The molecule has 1 aliphatic heterocycles. The summed E-state index contributed by atoms with van der Waals surface area (Å²) < 4.78 is 19.2. The van der Waals surface area contributed by atoms with Gasteiger partial charge >= 0.3 is 11.9 Å². The molecular formula is C36H57N3O5. The lowest BCUT2D eigenvalue weighted by molar-refractivity contribution is -0.132. The largest absolute Gasteiger partial charge is 0.487 e. The lowest BCUT2D eigenvalue weighted by atomic mass is 9.84. The summed E-state index contributed by atoms with van der Waals surface area (Å²) in [7, 11) is 0. The van der Waals surface area contributed by atoms with Gasteiger partial charge in [-0.05, 0) is 64.5 Å². The van der Waals surface area contributed by atoms with Crippen molar-refractivity contribution < 1.29 is 23.8 Å². The molecule has 1 unspecified atom stereocenters. The predicted molar refractivity (Wildman–Crippen MR) is 175 cm³/mol. The number of fused-ring (bicyclic) bond motifs is 1. The van der Waals surface area contributed by atoms with Crippen molar-refractivity contribution in [1.82, 2.24) is 15.0 Å². The van der Waals surface area contributed by atoms with Gasteiger partial charge in [-0.3, -0.25) is 4.79 Å². The second kappa shape index (κ2) is 18.2. The molecule has 2 heterocycles. The first kappa shape index (κ1) is 35.6. The van der Waals surface area contributed by atoms with Crippen LogP contribution in [0.2, 0.25) is 0 Å². The summed E-state index contributed by atoms with van der Waals surface area (Å²) in [6.45, 7) is 12.2. The van der Waals surface area contributed by atoms with Crippen molar-refractivity contribution in [1.29, 1.82) is 0 Å². The van der Waals surface area contributed by atoms with Crippen LogP contribution >= 0.6 is 0 Å². The molecule has 246 valence electrons. The number of unbranched alkanes of at least 4 members (excludes halogenated alkanes) is 13. The monoisotopic (exact) mass is 611 g/mol. The molecule has 1 aromatic carbocycles. The normalized spacial score (nSPS) is 16.0. The van der Waals surface area contributed by atoms with Crippen molar-refractivity contribution in [2.45, 2.75) is 163 Å². The van der Waals surface area contributed by atoms with Gasteiger partial charge in [-0.2, -0.15) is 0 Å². The summed E-state index contributed by atoms with van der Waals surface area (Å²) in [5.41, 5.74) is 3.67. The van der Waals surface area contributed by atoms with Gasteiger partial charge in [-0.1, -0.05) is 95.6 Å². The Kier molecular flexibility index (Phi) is 14.7. The fourth-order valence-corrected chi connectivity index (χ4v) is 6.31. The lowest BCUT2D eigenvalue weighted by Gasteiger charge is -2.38. The molecule has 1 aromatic heterocycles. The highest BCUT2D eigenvalue weighted by Gasteiger charge is 2.35. The average molecular weight is 612 g/mol. The van der Waals surface area contributed by atoms with Gasteiger partial charge in [0.15, 0.2) is 5.69 Å². The smallest absolute Gasteiger partial charge is 0.360 e. The maximum Gasteiger partial charge on any atom is 0.360 e. The summed E-state index contributed by atoms with van der Waals surface area (Å²) in [6, 6.07) is 0. The van der Waals surface area contributed by atoms with Crippen molar-refractivity contribution >= 4 is 11.9 Å². The minimum absolute atomic E-state index is 0.149. The highest BCUT2D eigenvalue weighted by molar-refractivity contribution is 5.86. The maximum absolute atomic E-state index is 12.1. The molecule has 8 heteroatoms. The Balaban J connectivity index is 1.55. The molecule has 0 saturated carbocycles. The van der Waals surface area contributed by atoms with E-state index in [9.17, 15) is 9.59 Å². The molecule has 0 bridgehead atoms. The predicted octanol–water partition coefficient (Wildman–Crippen LogP) is 9.00. The number of esters is 2. The van der Waals surface area contributed by atoms with Gasteiger partial charge in [-0.15, -0.1) is 5.10 Å². The zero-order chi connectivity index (χ0) is 32.0. The summed E-state index contributed by atoms with van der Waals surface area (Å²) in [5.74, 6) is 0.543. The number of benzene rings is 1. The van der Waals surface area contributed by atoms with Crippen LogP contribution in [0.5, 0.6) is 11.5 Å². The van der Waals surface area contributed by atoms with E-state index in [1.807, 2.05) is 13.8 Å². The Morgan fingerprint density at radius 2 is 1.50 bits per heavy atom. The molecule has 2 aromatic rings. The van der Waals surface area contributed by atoms with Gasteiger partial charge in [0.1, 0.15) is 17.1 Å². The number of ether oxygens (including phenoxy) is 3. The summed E-state index contributed by atoms with van der Waals surface area (Å²) in [6.07, 6.45) is 23.2. The molecule has 3 rings (SSSR count). The zero-order valence-electron chi connectivity index (χ0n) is 28.4. The Labute approximate surface area is 265 Å². The molecule has 0 N–H and O–H groups in total. The minimum Gasteiger partial charge on any atom is -0.487 e. The average Bonchev–Trinajstić information content (AvgIpc) is 3.47. The summed E-state index contributed by atoms with van der Waals surface area (Å²) in [5, 5.41) is 8.14. The number of hydrogen-bond acceptors (Lipinski definition) is 7. The fraction of sp³-hybridized carbons (Fsp3) is 0.722. The molecular weight excluding hydrogens is 554 g/mol. The number of carbonyl (C=O) groups excluding carboxylic acids is 2. The first-order valence-electron chi connectivity index (χ1n) is 17.3. The van der Waals surface area contributed by atoms with Crippen molar-refractivity contribution in [3.05, 3.63) is 34.1 Å². The van der Waals surface area contributed by atoms with Crippen LogP contribution in [-0.4, -0.2) is 39.1 Å². The van der Waals surface area contributed by atoms with Gasteiger partial charge in [0, 0.05) is 18.1 Å². The molecule has 1 aliphatic rings. The highest BCUT2D eigenvalue weighted by Crippen LogP contribution is 2.45. The molecule has 8 nitrogen and oxygen atoms in total.